The molecule has 0 amide bonds. The van der Waals surface area contributed by atoms with Gasteiger partial charge in [0.1, 0.15) is 5.75 Å². The molecule has 0 radical (unpaired) electrons. The van der Waals surface area contributed by atoms with Gasteiger partial charge in [0.25, 0.3) is 0 Å². The van der Waals surface area contributed by atoms with Crippen LogP contribution in [0.2, 0.25) is 0 Å². The predicted octanol–water partition coefficient (Wildman–Crippen LogP) is 6.01. The van der Waals surface area contributed by atoms with E-state index in [4.69, 9.17) is 4.74 Å². The number of hydrogen-bond donors (Lipinski definition) is 2. The number of carboxylic acid groups (broad SMARTS) is 1. The van der Waals surface area contributed by atoms with E-state index in [0.29, 0.717) is 18.4 Å². The summed E-state index contributed by atoms with van der Waals surface area (Å²) in [6.07, 6.45) is 1.23. The molecular formula is C26H22N2O4S. The van der Waals surface area contributed by atoms with Gasteiger partial charge in [-0.25, -0.2) is 4.98 Å². The molecule has 3 aromatic carbocycles. The van der Waals surface area contributed by atoms with E-state index in [1.165, 1.54) is 0 Å². The molecule has 1 heterocycles. The summed E-state index contributed by atoms with van der Waals surface area (Å²) in [6, 6.07) is 21.2. The summed E-state index contributed by atoms with van der Waals surface area (Å²) >= 11 is 1.57. The molecule has 0 aliphatic heterocycles. The minimum Gasteiger partial charge on any atom is -0.497 e. The molecule has 166 valence electrons. The number of carboxylic acids is 1. The molecule has 1 aliphatic rings. The smallest absolute Gasteiger partial charge is 0.307 e. The van der Waals surface area contributed by atoms with Crippen molar-refractivity contribution in [3.63, 3.8) is 0 Å². The zero-order valence-corrected chi connectivity index (χ0v) is 18.8. The summed E-state index contributed by atoms with van der Waals surface area (Å²) in [6.45, 7) is 0. The van der Waals surface area contributed by atoms with Gasteiger partial charge in [-0.2, -0.15) is 0 Å². The van der Waals surface area contributed by atoms with Crippen molar-refractivity contribution in [2.24, 2.45) is 11.8 Å². The van der Waals surface area contributed by atoms with Crippen LogP contribution in [0.5, 0.6) is 5.75 Å². The summed E-state index contributed by atoms with van der Waals surface area (Å²) < 4.78 is 6.33. The monoisotopic (exact) mass is 458 g/mol. The topological polar surface area (TPSA) is 88.5 Å². The number of nitrogens with one attached hydrogen (secondary N) is 1. The number of Topliss-reactive ketones (excluding diaryl/α,β-unsaturated/α-hetero) is 1. The fraction of sp³-hybridized carbons (Fsp3) is 0.192. The van der Waals surface area contributed by atoms with Gasteiger partial charge >= 0.3 is 5.97 Å². The summed E-state index contributed by atoms with van der Waals surface area (Å²) in [5, 5.41) is 13.4. The zero-order valence-electron chi connectivity index (χ0n) is 17.9. The Morgan fingerprint density at radius 1 is 0.970 bits per heavy atom. The van der Waals surface area contributed by atoms with Gasteiger partial charge in [-0.05, 0) is 54.3 Å². The van der Waals surface area contributed by atoms with Crippen molar-refractivity contribution in [3.8, 4) is 16.9 Å². The van der Waals surface area contributed by atoms with Gasteiger partial charge < -0.3 is 15.2 Å². The molecule has 2 atom stereocenters. The summed E-state index contributed by atoms with van der Waals surface area (Å²) in [7, 11) is 1.65. The van der Waals surface area contributed by atoms with Crippen molar-refractivity contribution in [1.29, 1.82) is 0 Å². The van der Waals surface area contributed by atoms with Crippen LogP contribution in [0, 0.1) is 11.8 Å². The standard InChI is InChI=1S/C26H22N2O4S/c1-32-19-10-13-22-23(14-19)33-26(28-22)27-18-8-6-16(7-9-18)15-2-4-17(5-3-15)24(29)20-11-12-21(20)25(30)31/h2-10,13-14,20-21H,11-12H2,1H3,(H,27,28)(H,30,31)/t20-,21?/m1/s1. The number of aliphatic carboxylic acids is 1. The van der Waals surface area contributed by atoms with Gasteiger partial charge in [-0.15, -0.1) is 0 Å². The summed E-state index contributed by atoms with van der Waals surface area (Å²) in [5.74, 6) is -1.09. The summed E-state index contributed by atoms with van der Waals surface area (Å²) in [4.78, 5) is 28.5. The van der Waals surface area contributed by atoms with E-state index < -0.39 is 17.8 Å². The van der Waals surface area contributed by atoms with Crippen molar-refractivity contribution >= 4 is 44.1 Å². The van der Waals surface area contributed by atoms with Crippen LogP contribution >= 0.6 is 11.3 Å². The van der Waals surface area contributed by atoms with Gasteiger partial charge in [-0.3, -0.25) is 9.59 Å². The first kappa shape index (κ1) is 21.2. The average molecular weight is 459 g/mol. The zero-order chi connectivity index (χ0) is 22.9. The molecule has 1 aromatic heterocycles. The third-order valence-corrected chi connectivity index (χ3v) is 7.10. The second kappa shape index (κ2) is 8.67. The molecule has 0 saturated heterocycles. The van der Waals surface area contributed by atoms with Crippen LogP contribution in [0.15, 0.2) is 66.7 Å². The van der Waals surface area contributed by atoms with Gasteiger partial charge in [0.15, 0.2) is 10.9 Å². The Labute approximate surface area is 194 Å². The number of benzene rings is 3. The molecular weight excluding hydrogens is 436 g/mol. The number of aromatic nitrogens is 1. The Hall–Kier alpha value is -3.71. The van der Waals surface area contributed by atoms with Crippen molar-refractivity contribution in [2.45, 2.75) is 12.8 Å². The number of anilines is 2. The molecule has 2 N–H and O–H groups in total. The normalized spacial score (nSPS) is 17.4. The molecule has 6 nitrogen and oxygen atoms in total. The van der Waals surface area contributed by atoms with E-state index in [1.807, 2.05) is 54.6 Å². The van der Waals surface area contributed by atoms with Gasteiger partial charge in [0, 0.05) is 17.2 Å². The van der Waals surface area contributed by atoms with Crippen molar-refractivity contribution in [3.05, 3.63) is 72.3 Å². The van der Waals surface area contributed by atoms with E-state index in [1.54, 1.807) is 30.6 Å². The lowest BCUT2D eigenvalue weighted by Crippen LogP contribution is -2.38. The Morgan fingerprint density at radius 3 is 2.24 bits per heavy atom. The molecule has 0 bridgehead atoms. The Kier molecular flexibility index (Phi) is 5.56. The third-order valence-electron chi connectivity index (χ3n) is 6.16. The first-order chi connectivity index (χ1) is 16.0. The van der Waals surface area contributed by atoms with Crippen LogP contribution in [0.1, 0.15) is 23.2 Å². The number of nitrogens with zero attached hydrogens (tertiary/aromatic N) is 1. The molecule has 1 unspecified atom stereocenters. The van der Waals surface area contributed by atoms with Crippen LogP contribution in [0.3, 0.4) is 0 Å². The second-order valence-corrected chi connectivity index (χ2v) is 9.16. The number of carbonyl (C=O) groups is 2. The van der Waals surface area contributed by atoms with E-state index >= 15 is 0 Å². The number of hydrogen-bond acceptors (Lipinski definition) is 6. The number of methoxy groups -OCH3 is 1. The maximum atomic E-state index is 12.6. The molecule has 5 rings (SSSR count). The number of fused-ring (bicyclic) bond motifs is 1. The lowest BCUT2D eigenvalue weighted by atomic mass is 9.70. The lowest BCUT2D eigenvalue weighted by molar-refractivity contribution is -0.146. The van der Waals surface area contributed by atoms with Crippen molar-refractivity contribution in [2.75, 3.05) is 12.4 Å². The molecule has 1 saturated carbocycles. The van der Waals surface area contributed by atoms with Crippen LogP contribution in [-0.4, -0.2) is 29.0 Å². The highest BCUT2D eigenvalue weighted by Gasteiger charge is 2.41. The molecule has 4 aromatic rings. The molecule has 1 aliphatic carbocycles. The van der Waals surface area contributed by atoms with Crippen LogP contribution in [0.4, 0.5) is 10.8 Å². The first-order valence-corrected chi connectivity index (χ1v) is 11.5. The lowest BCUT2D eigenvalue weighted by Gasteiger charge is -2.31. The number of ether oxygens (including phenoxy) is 1. The van der Waals surface area contributed by atoms with Crippen LogP contribution in [0.25, 0.3) is 21.3 Å². The fourth-order valence-corrected chi connectivity index (χ4v) is 5.02. The van der Waals surface area contributed by atoms with E-state index in [-0.39, 0.29) is 5.78 Å². The van der Waals surface area contributed by atoms with Gasteiger partial charge in [-0.1, -0.05) is 47.7 Å². The van der Waals surface area contributed by atoms with Gasteiger partial charge in [0.2, 0.25) is 0 Å². The van der Waals surface area contributed by atoms with Crippen LogP contribution < -0.4 is 10.1 Å². The van der Waals surface area contributed by atoms with E-state index in [9.17, 15) is 14.7 Å². The quantitative estimate of drug-likeness (QED) is 0.330. The first-order valence-electron chi connectivity index (χ1n) is 10.7. The Bertz CT molecular complexity index is 1330. The van der Waals surface area contributed by atoms with Crippen LogP contribution in [-0.2, 0) is 4.79 Å². The largest absolute Gasteiger partial charge is 0.497 e. The van der Waals surface area contributed by atoms with Gasteiger partial charge in [0.05, 0.1) is 23.2 Å². The molecule has 7 heteroatoms. The third kappa shape index (κ3) is 4.19. The van der Waals surface area contributed by atoms with Crippen molar-refractivity contribution < 1.29 is 19.4 Å². The number of rotatable bonds is 7. The SMILES string of the molecule is COc1ccc2nc(Nc3ccc(-c4ccc(C(=O)[C@@H]5CCC5C(=O)O)cc4)cc3)sc2c1. The highest BCUT2D eigenvalue weighted by molar-refractivity contribution is 7.22. The predicted molar refractivity (Wildman–Crippen MR) is 130 cm³/mol. The van der Waals surface area contributed by atoms with E-state index in [0.717, 1.165) is 37.9 Å². The molecule has 0 spiro atoms. The fourth-order valence-electron chi connectivity index (χ4n) is 4.11. The molecule has 33 heavy (non-hydrogen) atoms. The highest BCUT2D eigenvalue weighted by atomic mass is 32.1. The Morgan fingerprint density at radius 2 is 1.64 bits per heavy atom. The number of ketones is 1. The maximum absolute atomic E-state index is 12.6. The van der Waals surface area contributed by atoms with Crippen molar-refractivity contribution in [1.82, 2.24) is 4.98 Å². The average Bonchev–Trinajstić information content (AvgIpc) is 3.20. The highest BCUT2D eigenvalue weighted by Crippen LogP contribution is 2.37. The number of thiazole rings is 1. The minimum atomic E-state index is -0.879. The second-order valence-electron chi connectivity index (χ2n) is 8.13. The minimum absolute atomic E-state index is 0.0757. The molecule has 1 fully saturated rings. The maximum Gasteiger partial charge on any atom is 0.307 e. The Balaban J connectivity index is 1.27. The number of carbonyl (C=O) groups excluding carboxylic acids is 1. The van der Waals surface area contributed by atoms with E-state index in [2.05, 4.69) is 10.3 Å². The summed E-state index contributed by atoms with van der Waals surface area (Å²) in [5.41, 5.74) is 4.45.